The van der Waals surface area contributed by atoms with Gasteiger partial charge in [0.2, 0.25) is 0 Å². The predicted molar refractivity (Wildman–Crippen MR) is 39.7 cm³/mol. The lowest BCUT2D eigenvalue weighted by atomic mass is 11.2. The van der Waals surface area contributed by atoms with E-state index in [1.54, 1.807) is 45.7 Å². The molecule has 0 heterocycles. The van der Waals surface area contributed by atoms with Gasteiger partial charge in [-0.2, -0.15) is 0 Å². The zero-order valence-corrected chi connectivity index (χ0v) is 6.98. The minimum Gasteiger partial charge on any atom is -0.280 e. The van der Waals surface area contributed by atoms with E-state index >= 15 is 0 Å². The number of hydrogen-bond acceptors (Lipinski definition) is 1. The Morgan fingerprint density at radius 2 is 1.67 bits per heavy atom. The van der Waals surface area contributed by atoms with Crippen molar-refractivity contribution in [2.75, 3.05) is 0 Å². The van der Waals surface area contributed by atoms with Gasteiger partial charge in [0.1, 0.15) is 0 Å². The Bertz CT molecular complexity index is 49.5. The van der Waals surface area contributed by atoms with Crippen LogP contribution in [0, 0.1) is 0 Å². The van der Waals surface area contributed by atoms with Crippen LogP contribution in [0.4, 0.5) is 4.79 Å². The summed E-state index contributed by atoms with van der Waals surface area (Å²) in [6.07, 6.45) is 0. The molecule has 2 amide bonds. The number of urea groups is 1. The van der Waals surface area contributed by atoms with E-state index < -0.39 is 0 Å². The van der Waals surface area contributed by atoms with Crippen LogP contribution in [0.3, 0.4) is 0 Å². The lowest BCUT2D eigenvalue weighted by molar-refractivity contribution is 0.253. The Morgan fingerprint density at radius 1 is 1.33 bits per heavy atom. The molecule has 5 heteroatoms. The van der Waals surface area contributed by atoms with E-state index in [2.05, 4.69) is 7.06 Å². The fraction of sp³-hybridized carbons (Fsp3) is 0. The van der Waals surface area contributed by atoms with E-state index in [4.69, 9.17) is 0 Å². The highest BCUT2D eigenvalue weighted by molar-refractivity contribution is 14.1. The summed E-state index contributed by atoms with van der Waals surface area (Å²) in [5, 5.41) is 0. The Kier molecular flexibility index (Phi) is 4.38. The van der Waals surface area contributed by atoms with Gasteiger partial charge in [-0.3, -0.25) is 7.06 Å². The van der Waals surface area contributed by atoms with E-state index in [1.165, 1.54) is 0 Å². The van der Waals surface area contributed by atoms with Crippen molar-refractivity contribution in [2.24, 2.45) is 0 Å². The van der Waals surface area contributed by atoms with Crippen LogP contribution in [0.25, 0.3) is 0 Å². The molecule has 0 saturated carbocycles. The number of hydrogen-bond donors (Lipinski definition) is 2. The molecule has 0 aliphatic rings. The van der Waals surface area contributed by atoms with Gasteiger partial charge < -0.3 is 0 Å². The molecular formula is CH2I2N2O. The van der Waals surface area contributed by atoms with Crippen molar-refractivity contribution in [3.8, 4) is 0 Å². The molecule has 0 spiro atoms. The van der Waals surface area contributed by atoms with Crippen LogP contribution in [-0.4, -0.2) is 6.03 Å². The molecule has 0 aromatic rings. The fourth-order valence-electron chi connectivity index (χ4n) is 0.0179. The second-order valence-electron chi connectivity index (χ2n) is 0.518. The average molecular weight is 312 g/mol. The van der Waals surface area contributed by atoms with Crippen molar-refractivity contribution in [1.82, 2.24) is 7.06 Å². The van der Waals surface area contributed by atoms with Crippen molar-refractivity contribution >= 4 is 51.8 Å². The summed E-state index contributed by atoms with van der Waals surface area (Å²) in [5.74, 6) is 0. The molecule has 6 heavy (non-hydrogen) atoms. The second kappa shape index (κ2) is 3.90. The SMILES string of the molecule is O=C(NI)NI. The summed E-state index contributed by atoms with van der Waals surface area (Å²) in [5.41, 5.74) is 0. The number of carbonyl (C=O) groups is 1. The molecule has 0 unspecified atom stereocenters. The highest BCUT2D eigenvalue weighted by Crippen LogP contribution is 1.73. The predicted octanol–water partition coefficient (Wildman–Crippen LogP) is 0.986. The number of nitrogens with one attached hydrogen (secondary N) is 2. The van der Waals surface area contributed by atoms with E-state index in [9.17, 15) is 4.79 Å². The van der Waals surface area contributed by atoms with Crippen LogP contribution in [0.5, 0.6) is 0 Å². The second-order valence-corrected chi connectivity index (χ2v) is 1.60. The van der Waals surface area contributed by atoms with Crippen LogP contribution in [0.15, 0.2) is 0 Å². The summed E-state index contributed by atoms with van der Waals surface area (Å²) in [4.78, 5) is 9.94. The van der Waals surface area contributed by atoms with Gasteiger partial charge in [0, 0.05) is 0 Å². The van der Waals surface area contributed by atoms with Gasteiger partial charge in [-0.1, -0.05) is 0 Å². The Balaban J connectivity index is 2.99. The molecule has 0 aliphatic heterocycles. The molecule has 0 aromatic carbocycles. The summed E-state index contributed by atoms with van der Waals surface area (Å²) in [6, 6.07) is -0.184. The standard InChI is InChI=1S/CH2I2N2O/c2-4-1(6)5-3/h(H2,4,5,6). The van der Waals surface area contributed by atoms with Crippen molar-refractivity contribution in [3.05, 3.63) is 0 Å². The molecule has 0 aromatic heterocycles. The van der Waals surface area contributed by atoms with Gasteiger partial charge in [-0.25, -0.2) is 4.79 Å². The lowest BCUT2D eigenvalue weighted by Crippen LogP contribution is -2.19. The van der Waals surface area contributed by atoms with E-state index in [0.717, 1.165) is 0 Å². The Morgan fingerprint density at radius 3 is 1.67 bits per heavy atom. The first-order valence-corrected chi connectivity index (χ1v) is 3.24. The maximum absolute atomic E-state index is 9.94. The van der Waals surface area contributed by atoms with Crippen molar-refractivity contribution in [2.45, 2.75) is 0 Å². The highest BCUT2D eigenvalue weighted by atomic mass is 127. The lowest BCUT2D eigenvalue weighted by Gasteiger charge is -1.86. The molecule has 0 atom stereocenters. The normalized spacial score (nSPS) is 7.00. The van der Waals surface area contributed by atoms with Crippen LogP contribution < -0.4 is 7.06 Å². The Hall–Kier alpha value is 0.730. The van der Waals surface area contributed by atoms with Crippen LogP contribution >= 0.6 is 45.7 Å². The molecule has 0 radical (unpaired) electrons. The van der Waals surface area contributed by atoms with E-state index in [0.29, 0.717) is 0 Å². The summed E-state index contributed by atoms with van der Waals surface area (Å²) in [6.45, 7) is 0. The smallest absolute Gasteiger partial charge is 0.280 e. The summed E-state index contributed by atoms with van der Waals surface area (Å²) < 4.78 is 4.65. The third-order valence-corrected chi connectivity index (χ3v) is 1.15. The van der Waals surface area contributed by atoms with Gasteiger partial charge in [0.05, 0.1) is 45.7 Å². The van der Waals surface area contributed by atoms with Gasteiger partial charge in [0.15, 0.2) is 0 Å². The minimum absolute atomic E-state index is 0.184. The fourth-order valence-corrected chi connectivity index (χ4v) is 0.804. The first kappa shape index (κ1) is 6.73. The zero-order valence-electron chi connectivity index (χ0n) is 2.66. The number of amides is 2. The molecular weight excluding hydrogens is 310 g/mol. The van der Waals surface area contributed by atoms with E-state index in [-0.39, 0.29) is 6.03 Å². The summed E-state index contributed by atoms with van der Waals surface area (Å²) >= 11 is 3.49. The van der Waals surface area contributed by atoms with Gasteiger partial charge in [-0.15, -0.1) is 0 Å². The van der Waals surface area contributed by atoms with Crippen LogP contribution in [0.2, 0.25) is 0 Å². The molecule has 0 rings (SSSR count). The monoisotopic (exact) mass is 312 g/mol. The maximum atomic E-state index is 9.94. The van der Waals surface area contributed by atoms with Crippen molar-refractivity contribution < 1.29 is 4.79 Å². The largest absolute Gasteiger partial charge is 0.332 e. The number of carbonyl (C=O) groups excluding carboxylic acids is 1. The first-order chi connectivity index (χ1) is 2.81. The van der Waals surface area contributed by atoms with Crippen LogP contribution in [-0.2, 0) is 0 Å². The number of halogens is 2. The van der Waals surface area contributed by atoms with Crippen molar-refractivity contribution in [1.29, 1.82) is 0 Å². The molecule has 0 saturated heterocycles. The third kappa shape index (κ3) is 2.94. The minimum atomic E-state index is -0.184. The number of rotatable bonds is 0. The van der Waals surface area contributed by atoms with Gasteiger partial charge in [0.25, 0.3) is 0 Å². The van der Waals surface area contributed by atoms with E-state index in [1.807, 2.05) is 0 Å². The highest BCUT2D eigenvalue weighted by Gasteiger charge is 1.85. The Labute approximate surface area is 63.2 Å². The van der Waals surface area contributed by atoms with Gasteiger partial charge in [-0.05, 0) is 0 Å². The average Bonchev–Trinajstić information content (AvgIpc) is 1.65. The molecule has 0 fully saturated rings. The molecule has 2 N–H and O–H groups in total. The third-order valence-electron chi connectivity index (χ3n) is 0.172. The first-order valence-electron chi connectivity index (χ1n) is 1.08. The van der Waals surface area contributed by atoms with Gasteiger partial charge >= 0.3 is 6.03 Å². The molecule has 36 valence electrons. The molecule has 0 aliphatic carbocycles. The molecule has 3 nitrogen and oxygen atoms in total. The molecule has 0 bridgehead atoms. The zero-order chi connectivity index (χ0) is 4.99. The summed E-state index contributed by atoms with van der Waals surface area (Å²) in [7, 11) is 0. The maximum Gasteiger partial charge on any atom is 0.332 e. The quantitative estimate of drug-likeness (QED) is 0.508. The van der Waals surface area contributed by atoms with Crippen LogP contribution in [0.1, 0.15) is 0 Å². The topological polar surface area (TPSA) is 41.1 Å². The van der Waals surface area contributed by atoms with Crippen molar-refractivity contribution in [3.63, 3.8) is 0 Å².